The van der Waals surface area contributed by atoms with Crippen molar-refractivity contribution in [1.82, 2.24) is 4.98 Å². The molecule has 2 aromatic heterocycles. The number of nitrogens with zero attached hydrogens (tertiary/aromatic N) is 2. The van der Waals surface area contributed by atoms with Crippen molar-refractivity contribution in [3.63, 3.8) is 0 Å². The van der Waals surface area contributed by atoms with Crippen LogP contribution in [0.4, 0.5) is 5.69 Å². The van der Waals surface area contributed by atoms with Crippen LogP contribution in [-0.4, -0.2) is 35.6 Å². The lowest BCUT2D eigenvalue weighted by Gasteiger charge is -2.40. The molecule has 160 valence electrons. The van der Waals surface area contributed by atoms with Crippen LogP contribution in [0, 0.1) is 6.92 Å². The zero-order valence-corrected chi connectivity index (χ0v) is 18.9. The molecule has 1 saturated carbocycles. The smallest absolute Gasteiger partial charge is 0.265 e. The number of carbonyl (C=O) groups excluding carboxylic acids is 1. The maximum absolute atomic E-state index is 13.2. The summed E-state index contributed by atoms with van der Waals surface area (Å²) in [5, 5.41) is 3.11. The van der Waals surface area contributed by atoms with E-state index >= 15 is 0 Å². The second kappa shape index (κ2) is 7.94. The van der Waals surface area contributed by atoms with Gasteiger partial charge < -0.3 is 11.1 Å². The molecular formula is C20H23ClN4O3S2. The van der Waals surface area contributed by atoms with Gasteiger partial charge in [-0.1, -0.05) is 30.9 Å². The molecule has 1 amide bonds. The molecule has 0 bridgehead atoms. The zero-order chi connectivity index (χ0) is 21.5. The molecule has 1 aliphatic heterocycles. The Balaban J connectivity index is 1.61. The number of nitrogens with one attached hydrogen (secondary N) is 1. The Hall–Kier alpha value is -1.97. The average Bonchev–Trinajstić information content (AvgIpc) is 3.09. The maximum Gasteiger partial charge on any atom is 0.265 e. The third-order valence-corrected chi connectivity index (χ3v) is 9.99. The molecule has 7 nitrogen and oxygen atoms in total. The van der Waals surface area contributed by atoms with Crippen molar-refractivity contribution in [3.8, 4) is 0 Å². The van der Waals surface area contributed by atoms with Gasteiger partial charge in [-0.15, -0.1) is 11.3 Å². The molecule has 0 aromatic carbocycles. The first-order chi connectivity index (χ1) is 14.2. The number of anilines is 1. The van der Waals surface area contributed by atoms with Crippen molar-refractivity contribution in [2.75, 3.05) is 11.1 Å². The van der Waals surface area contributed by atoms with Gasteiger partial charge in [-0.2, -0.15) is 0 Å². The van der Waals surface area contributed by atoms with E-state index < -0.39 is 20.6 Å². The van der Waals surface area contributed by atoms with Crippen molar-refractivity contribution in [2.24, 2.45) is 10.7 Å². The van der Waals surface area contributed by atoms with E-state index in [1.807, 2.05) is 13.0 Å². The fraction of sp³-hybridized carbons (Fsp3) is 0.450. The molecule has 3 N–H and O–H groups in total. The van der Waals surface area contributed by atoms with E-state index in [2.05, 4.69) is 15.3 Å². The van der Waals surface area contributed by atoms with E-state index in [1.54, 1.807) is 18.5 Å². The number of amides is 1. The van der Waals surface area contributed by atoms with Crippen LogP contribution in [0.15, 0.2) is 29.5 Å². The topological polar surface area (TPSA) is 115 Å². The predicted octanol–water partition coefficient (Wildman–Crippen LogP) is 3.89. The van der Waals surface area contributed by atoms with Crippen LogP contribution in [0.3, 0.4) is 0 Å². The predicted molar refractivity (Wildman–Crippen MR) is 120 cm³/mol. The summed E-state index contributed by atoms with van der Waals surface area (Å²) in [5.74, 6) is -0.295. The molecule has 0 saturated heterocycles. The van der Waals surface area contributed by atoms with E-state index in [9.17, 15) is 13.2 Å². The fourth-order valence-electron chi connectivity index (χ4n) is 4.21. The number of thiophene rings is 1. The fourth-order valence-corrected chi connectivity index (χ4v) is 7.98. The minimum atomic E-state index is -3.49. The van der Waals surface area contributed by atoms with Gasteiger partial charge in [0.15, 0.2) is 9.84 Å². The largest absolute Gasteiger partial charge is 0.386 e. The lowest BCUT2D eigenvalue weighted by molar-refractivity contribution is 0.103. The summed E-state index contributed by atoms with van der Waals surface area (Å²) in [6.07, 6.45) is 6.97. The second-order valence-corrected chi connectivity index (χ2v) is 11.7. The van der Waals surface area contributed by atoms with E-state index in [0.29, 0.717) is 33.3 Å². The van der Waals surface area contributed by atoms with Crippen molar-refractivity contribution in [2.45, 2.75) is 49.8 Å². The van der Waals surface area contributed by atoms with Crippen LogP contribution < -0.4 is 11.1 Å². The third-order valence-electron chi connectivity index (χ3n) is 5.77. The molecule has 1 aliphatic carbocycles. The van der Waals surface area contributed by atoms with Crippen molar-refractivity contribution < 1.29 is 13.2 Å². The number of nitrogens with two attached hydrogens (primary N) is 1. The Labute approximate surface area is 184 Å². The highest BCUT2D eigenvalue weighted by atomic mass is 35.5. The third kappa shape index (κ3) is 3.74. The number of aryl methyl sites for hydroxylation is 1. The van der Waals surface area contributed by atoms with E-state index in [-0.39, 0.29) is 17.5 Å². The van der Waals surface area contributed by atoms with Gasteiger partial charge in [0.05, 0.1) is 27.5 Å². The Morgan fingerprint density at radius 2 is 2.00 bits per heavy atom. The lowest BCUT2D eigenvalue weighted by Crippen LogP contribution is -2.55. The first-order valence-corrected chi connectivity index (χ1v) is 12.6. The number of carbonyl (C=O) groups is 1. The van der Waals surface area contributed by atoms with Crippen LogP contribution in [0.5, 0.6) is 0 Å². The molecular weight excluding hydrogens is 444 g/mol. The number of hydrogen-bond donors (Lipinski definition) is 2. The molecule has 10 heteroatoms. The Morgan fingerprint density at radius 3 is 2.67 bits per heavy atom. The molecule has 2 aliphatic rings. The van der Waals surface area contributed by atoms with Gasteiger partial charge >= 0.3 is 0 Å². The molecule has 1 spiro atoms. The number of aromatic nitrogens is 1. The second-order valence-electron chi connectivity index (χ2n) is 7.89. The summed E-state index contributed by atoms with van der Waals surface area (Å²) in [6, 6.07) is 2.66. The number of amidine groups is 1. The van der Waals surface area contributed by atoms with Crippen LogP contribution in [0.1, 0.15) is 58.3 Å². The highest BCUT2D eigenvalue weighted by Crippen LogP contribution is 2.44. The highest BCUT2D eigenvalue weighted by molar-refractivity contribution is 7.93. The number of sulfone groups is 1. The first-order valence-electron chi connectivity index (χ1n) is 9.80. The molecule has 3 heterocycles. The van der Waals surface area contributed by atoms with Gasteiger partial charge in [0.1, 0.15) is 16.6 Å². The van der Waals surface area contributed by atoms with Gasteiger partial charge in [0.25, 0.3) is 5.91 Å². The Morgan fingerprint density at radius 1 is 1.27 bits per heavy atom. The number of halogens is 1. The SMILES string of the molecule is Cc1cncc(NC(=O)c2cc(Cl)c(C3CS(=O)(=O)C4(CCCCC4)C(N)=N3)s2)c1. The monoisotopic (exact) mass is 466 g/mol. The van der Waals surface area contributed by atoms with E-state index in [4.69, 9.17) is 17.3 Å². The number of rotatable bonds is 3. The van der Waals surface area contributed by atoms with Gasteiger partial charge in [-0.05, 0) is 37.5 Å². The summed E-state index contributed by atoms with van der Waals surface area (Å²) in [4.78, 5) is 22.2. The van der Waals surface area contributed by atoms with Crippen LogP contribution in [-0.2, 0) is 9.84 Å². The quantitative estimate of drug-likeness (QED) is 0.712. The van der Waals surface area contributed by atoms with E-state index in [1.165, 1.54) is 0 Å². The maximum atomic E-state index is 13.2. The van der Waals surface area contributed by atoms with Gasteiger partial charge in [0, 0.05) is 11.1 Å². The minimum absolute atomic E-state index is 0.142. The Bertz CT molecular complexity index is 1120. The average molecular weight is 467 g/mol. The molecule has 1 atom stereocenters. The summed E-state index contributed by atoms with van der Waals surface area (Å²) < 4.78 is 25.3. The summed E-state index contributed by atoms with van der Waals surface area (Å²) >= 11 is 7.53. The first kappa shape index (κ1) is 21.3. The summed E-state index contributed by atoms with van der Waals surface area (Å²) in [7, 11) is -3.49. The summed E-state index contributed by atoms with van der Waals surface area (Å²) in [6.45, 7) is 1.88. The molecule has 2 aromatic rings. The minimum Gasteiger partial charge on any atom is -0.386 e. The van der Waals surface area contributed by atoms with Gasteiger partial charge in [-0.25, -0.2) is 8.42 Å². The highest BCUT2D eigenvalue weighted by Gasteiger charge is 2.51. The standard InChI is InChI=1S/C20H23ClN4O3S2/c1-12-7-13(10-23-9-12)24-18(26)16-8-14(21)17(29-16)15-11-30(27,28)20(19(22)25-15)5-3-2-4-6-20/h7-10,15H,2-6,11H2,1H3,(H2,22,25)(H,24,26). The normalized spacial score (nSPS) is 22.5. The van der Waals surface area contributed by atoms with Crippen LogP contribution in [0.25, 0.3) is 0 Å². The van der Waals surface area contributed by atoms with Gasteiger partial charge in [0.2, 0.25) is 0 Å². The molecule has 1 fully saturated rings. The molecule has 0 radical (unpaired) electrons. The number of hydrogen-bond acceptors (Lipinski definition) is 7. The lowest BCUT2D eigenvalue weighted by atomic mass is 9.87. The van der Waals surface area contributed by atoms with Crippen molar-refractivity contribution in [3.05, 3.63) is 44.9 Å². The van der Waals surface area contributed by atoms with Crippen LogP contribution >= 0.6 is 22.9 Å². The van der Waals surface area contributed by atoms with Crippen molar-refractivity contribution in [1.29, 1.82) is 0 Å². The Kier molecular flexibility index (Phi) is 5.63. The van der Waals surface area contributed by atoms with E-state index in [0.717, 1.165) is 36.2 Å². The molecule has 1 unspecified atom stereocenters. The van der Waals surface area contributed by atoms with Gasteiger partial charge in [-0.3, -0.25) is 14.8 Å². The molecule has 4 rings (SSSR count). The molecule has 30 heavy (non-hydrogen) atoms. The zero-order valence-electron chi connectivity index (χ0n) is 16.5. The summed E-state index contributed by atoms with van der Waals surface area (Å²) in [5.41, 5.74) is 7.73. The van der Waals surface area contributed by atoms with Crippen LogP contribution in [0.2, 0.25) is 5.02 Å². The number of aliphatic imine (C=N–C) groups is 1. The number of pyridine rings is 1. The van der Waals surface area contributed by atoms with Crippen molar-refractivity contribution >= 4 is 50.2 Å².